The summed E-state index contributed by atoms with van der Waals surface area (Å²) in [5.74, 6) is -0.150. The molecule has 0 aliphatic carbocycles. The van der Waals surface area contributed by atoms with Gasteiger partial charge in [0, 0.05) is 18.0 Å². The van der Waals surface area contributed by atoms with Gasteiger partial charge in [-0.25, -0.2) is 14.8 Å². The first-order chi connectivity index (χ1) is 18.2. The highest BCUT2D eigenvalue weighted by molar-refractivity contribution is 7.98. The minimum Gasteiger partial charge on any atom is -0.462 e. The molecule has 5 aromatic rings. The van der Waals surface area contributed by atoms with Gasteiger partial charge in [0.1, 0.15) is 15.4 Å². The maximum absolute atomic E-state index is 13.8. The molecule has 0 atom stereocenters. The van der Waals surface area contributed by atoms with Gasteiger partial charge in [-0.2, -0.15) is 0 Å². The van der Waals surface area contributed by atoms with Gasteiger partial charge in [-0.05, 0) is 44.0 Å². The number of thioether (sulfide) groups is 1. The Balaban J connectivity index is 1.58. The first-order valence-electron chi connectivity index (χ1n) is 11.8. The Morgan fingerprint density at radius 2 is 1.87 bits per heavy atom. The zero-order chi connectivity index (χ0) is 27.0. The Kier molecular flexibility index (Phi) is 7.38. The lowest BCUT2D eigenvalue weighted by Gasteiger charge is -2.13. The van der Waals surface area contributed by atoms with Crippen LogP contribution in [-0.2, 0) is 17.0 Å². The lowest BCUT2D eigenvalue weighted by Crippen LogP contribution is -2.24. The summed E-state index contributed by atoms with van der Waals surface area (Å²) in [5, 5.41) is 1.32. The molecule has 38 heavy (non-hydrogen) atoms. The molecule has 0 bridgehead atoms. The van der Waals surface area contributed by atoms with Crippen molar-refractivity contribution in [1.29, 1.82) is 0 Å². The van der Waals surface area contributed by atoms with E-state index in [1.54, 1.807) is 30.5 Å². The molecule has 0 N–H and O–H groups in total. The van der Waals surface area contributed by atoms with Crippen LogP contribution in [0.3, 0.4) is 0 Å². The van der Waals surface area contributed by atoms with Gasteiger partial charge in [0.25, 0.3) is 11.1 Å². The van der Waals surface area contributed by atoms with E-state index in [1.165, 1.54) is 28.4 Å². The fourth-order valence-electron chi connectivity index (χ4n) is 4.05. The molecular formula is C27H23ClN4O4S2. The zero-order valence-electron chi connectivity index (χ0n) is 20.9. The second-order valence-corrected chi connectivity index (χ2v) is 11.1. The van der Waals surface area contributed by atoms with Crippen molar-refractivity contribution in [3.05, 3.63) is 102 Å². The van der Waals surface area contributed by atoms with Crippen LogP contribution in [0.4, 0.5) is 0 Å². The summed E-state index contributed by atoms with van der Waals surface area (Å²) < 4.78 is 8.19. The Hall–Kier alpha value is -3.47. The number of rotatable bonds is 7. The van der Waals surface area contributed by atoms with Gasteiger partial charge in [0.05, 0.1) is 29.3 Å². The Morgan fingerprint density at radius 1 is 1.11 bits per heavy atom. The molecule has 4 aromatic heterocycles. The molecule has 11 heteroatoms. The van der Waals surface area contributed by atoms with Gasteiger partial charge in [-0.1, -0.05) is 53.2 Å². The van der Waals surface area contributed by atoms with E-state index in [4.69, 9.17) is 21.3 Å². The normalized spacial score (nSPS) is 11.4. The minimum absolute atomic E-state index is 0.233. The van der Waals surface area contributed by atoms with Crippen LogP contribution in [-0.4, -0.2) is 31.5 Å². The summed E-state index contributed by atoms with van der Waals surface area (Å²) in [6.45, 7) is 6.03. The quantitative estimate of drug-likeness (QED) is 0.151. The Morgan fingerprint density at radius 3 is 2.61 bits per heavy atom. The van der Waals surface area contributed by atoms with E-state index in [0.717, 1.165) is 22.5 Å². The maximum atomic E-state index is 13.8. The highest BCUT2D eigenvalue weighted by atomic mass is 35.5. The summed E-state index contributed by atoms with van der Waals surface area (Å²) in [5.41, 5.74) is 3.17. The van der Waals surface area contributed by atoms with E-state index in [1.807, 2.05) is 31.2 Å². The van der Waals surface area contributed by atoms with E-state index < -0.39 is 5.97 Å². The number of hydrogen-bond donors (Lipinski definition) is 0. The first kappa shape index (κ1) is 26.1. The molecular weight excluding hydrogens is 544 g/mol. The standard InChI is InChI=1S/C27H23ClN4O4S2/c1-4-36-26(35)23-16(3)22-24(38-23)30-27(32(25(22)34)12-17-7-5-15(2)6-8-17)37-14-19-11-21(33)31-13-18(28)9-10-20(31)29-19/h5-11,13H,4,12,14H2,1-3H3. The van der Waals surface area contributed by atoms with Gasteiger partial charge in [0.15, 0.2) is 5.16 Å². The van der Waals surface area contributed by atoms with Crippen LogP contribution in [0.5, 0.6) is 0 Å². The Bertz CT molecular complexity index is 1810. The average Bonchev–Trinajstić information content (AvgIpc) is 3.22. The number of esters is 1. The fraction of sp³-hybridized carbons (Fsp3) is 0.222. The van der Waals surface area contributed by atoms with Crippen LogP contribution in [0.1, 0.15) is 39.0 Å². The van der Waals surface area contributed by atoms with Crippen LogP contribution < -0.4 is 11.1 Å². The predicted molar refractivity (Wildman–Crippen MR) is 151 cm³/mol. The number of aromatic nitrogens is 4. The van der Waals surface area contributed by atoms with Crippen LogP contribution in [0.15, 0.2) is 63.4 Å². The zero-order valence-corrected chi connectivity index (χ0v) is 23.2. The molecule has 194 valence electrons. The van der Waals surface area contributed by atoms with Crippen LogP contribution in [0.2, 0.25) is 5.02 Å². The molecule has 4 heterocycles. The van der Waals surface area contributed by atoms with Gasteiger partial charge in [0.2, 0.25) is 0 Å². The molecule has 1 aromatic carbocycles. The van der Waals surface area contributed by atoms with Gasteiger partial charge in [-0.15, -0.1) is 11.3 Å². The van der Waals surface area contributed by atoms with Gasteiger partial charge in [-0.3, -0.25) is 18.6 Å². The van der Waals surface area contributed by atoms with Gasteiger partial charge < -0.3 is 4.74 Å². The number of pyridine rings is 1. The molecule has 0 aliphatic rings. The van der Waals surface area contributed by atoms with E-state index >= 15 is 0 Å². The number of carbonyl (C=O) groups excluding carboxylic acids is 1. The summed E-state index contributed by atoms with van der Waals surface area (Å²) in [4.78, 5) is 49.1. The van der Waals surface area contributed by atoms with E-state index in [2.05, 4.69) is 4.98 Å². The Labute approximate surface area is 230 Å². The number of hydrogen-bond acceptors (Lipinski definition) is 8. The van der Waals surface area contributed by atoms with E-state index in [-0.39, 0.29) is 17.7 Å². The molecule has 5 rings (SSSR count). The average molecular weight is 567 g/mol. The van der Waals surface area contributed by atoms with Crippen molar-refractivity contribution in [1.82, 2.24) is 18.9 Å². The monoisotopic (exact) mass is 566 g/mol. The minimum atomic E-state index is -0.465. The largest absolute Gasteiger partial charge is 0.462 e. The van der Waals surface area contributed by atoms with Crippen molar-refractivity contribution in [3.8, 4) is 0 Å². The summed E-state index contributed by atoms with van der Waals surface area (Å²) in [6, 6.07) is 12.7. The lowest BCUT2D eigenvalue weighted by molar-refractivity contribution is 0.0531. The van der Waals surface area contributed by atoms with Crippen LogP contribution in [0, 0.1) is 13.8 Å². The number of aryl methyl sites for hydroxylation is 2. The topological polar surface area (TPSA) is 95.6 Å². The SMILES string of the molecule is CCOC(=O)c1sc2nc(SCc3cc(=O)n4cc(Cl)ccc4n3)n(Cc3ccc(C)cc3)c(=O)c2c1C. The van der Waals surface area contributed by atoms with Gasteiger partial charge >= 0.3 is 5.97 Å². The van der Waals surface area contributed by atoms with Crippen molar-refractivity contribution in [2.45, 2.75) is 38.2 Å². The maximum Gasteiger partial charge on any atom is 0.348 e. The summed E-state index contributed by atoms with van der Waals surface area (Å²) in [7, 11) is 0. The third-order valence-corrected chi connectivity index (χ3v) is 8.36. The number of halogens is 1. The van der Waals surface area contributed by atoms with Crippen molar-refractivity contribution in [3.63, 3.8) is 0 Å². The third-order valence-electron chi connectivity index (χ3n) is 5.96. The first-order valence-corrected chi connectivity index (χ1v) is 14.0. The molecule has 0 amide bonds. The lowest BCUT2D eigenvalue weighted by atomic mass is 10.1. The van der Waals surface area contributed by atoms with Crippen molar-refractivity contribution >= 4 is 56.5 Å². The van der Waals surface area contributed by atoms with E-state index in [9.17, 15) is 14.4 Å². The smallest absolute Gasteiger partial charge is 0.348 e. The van der Waals surface area contributed by atoms with Crippen molar-refractivity contribution in [2.24, 2.45) is 0 Å². The second kappa shape index (κ2) is 10.7. The fourth-order valence-corrected chi connectivity index (χ4v) is 6.22. The highest BCUT2D eigenvalue weighted by Gasteiger charge is 2.23. The molecule has 0 saturated heterocycles. The third kappa shape index (κ3) is 5.11. The predicted octanol–water partition coefficient (Wildman–Crippen LogP) is 5.25. The van der Waals surface area contributed by atoms with Crippen molar-refractivity contribution < 1.29 is 9.53 Å². The number of thiophene rings is 1. The number of nitrogens with zero attached hydrogens (tertiary/aromatic N) is 4. The molecule has 8 nitrogen and oxygen atoms in total. The summed E-state index contributed by atoms with van der Waals surface area (Å²) >= 11 is 8.48. The molecule has 0 saturated carbocycles. The molecule has 0 aliphatic heterocycles. The summed E-state index contributed by atoms with van der Waals surface area (Å²) in [6.07, 6.45) is 1.53. The van der Waals surface area contributed by atoms with E-state index in [0.29, 0.717) is 54.5 Å². The molecule has 0 radical (unpaired) electrons. The number of ether oxygens (including phenoxy) is 1. The highest BCUT2D eigenvalue weighted by Crippen LogP contribution is 2.31. The second-order valence-electron chi connectivity index (χ2n) is 8.68. The van der Waals surface area contributed by atoms with Crippen molar-refractivity contribution in [2.75, 3.05) is 6.61 Å². The number of carbonyl (C=O) groups is 1. The molecule has 0 spiro atoms. The number of benzene rings is 1. The molecule has 0 fully saturated rings. The van der Waals surface area contributed by atoms with Crippen LogP contribution in [0.25, 0.3) is 15.9 Å². The number of fused-ring (bicyclic) bond motifs is 2. The van der Waals surface area contributed by atoms with Crippen LogP contribution >= 0.6 is 34.7 Å². The molecule has 0 unspecified atom stereocenters.